The molecule has 4 atom stereocenters. The minimum atomic E-state index is -0.571. The molecule has 0 amide bonds. The highest BCUT2D eigenvalue weighted by Gasteiger charge is 2.50. The van der Waals surface area contributed by atoms with Crippen molar-refractivity contribution in [3.05, 3.63) is 86.8 Å². The van der Waals surface area contributed by atoms with Gasteiger partial charge in [-0.05, 0) is 47.5 Å². The van der Waals surface area contributed by atoms with E-state index < -0.39 is 12.0 Å². The Morgan fingerprint density at radius 1 is 1.03 bits per heavy atom. The third kappa shape index (κ3) is 4.31. The molecule has 1 aliphatic rings. The van der Waals surface area contributed by atoms with Crippen LogP contribution in [0.4, 0.5) is 0 Å². The zero-order valence-corrected chi connectivity index (χ0v) is 18.2. The number of hydrogen-bond acceptors (Lipinski definition) is 6. The van der Waals surface area contributed by atoms with Gasteiger partial charge in [0, 0.05) is 21.7 Å². The smallest absolute Gasteiger partial charge is 0.323 e. The topological polar surface area (TPSA) is 55.4 Å². The molecule has 1 N–H and O–H groups in total. The molecule has 0 bridgehead atoms. The molecule has 0 spiro atoms. The van der Waals surface area contributed by atoms with Gasteiger partial charge in [0.25, 0.3) is 0 Å². The Labute approximate surface area is 184 Å². The van der Waals surface area contributed by atoms with E-state index in [0.29, 0.717) is 6.61 Å². The number of carbonyl (C=O) groups is 2. The summed E-state index contributed by atoms with van der Waals surface area (Å²) >= 11 is 3.16. The van der Waals surface area contributed by atoms with E-state index in [1.54, 1.807) is 35.7 Å². The summed E-state index contributed by atoms with van der Waals surface area (Å²) in [4.78, 5) is 28.4. The number of carbonyl (C=O) groups excluding carboxylic acids is 2. The van der Waals surface area contributed by atoms with E-state index in [1.807, 2.05) is 71.4 Å². The lowest BCUT2D eigenvalue weighted by molar-refractivity contribution is -0.145. The normalized spacial score (nSPS) is 23.6. The number of benzene rings is 1. The molecule has 154 valence electrons. The Kier molecular flexibility index (Phi) is 6.57. The molecule has 6 heteroatoms. The first-order valence-electron chi connectivity index (χ1n) is 9.95. The van der Waals surface area contributed by atoms with Crippen LogP contribution in [0.1, 0.15) is 34.2 Å². The molecule has 30 heavy (non-hydrogen) atoms. The van der Waals surface area contributed by atoms with Crippen LogP contribution in [0.25, 0.3) is 6.08 Å². The Morgan fingerprint density at radius 3 is 2.47 bits per heavy atom. The van der Waals surface area contributed by atoms with Crippen LogP contribution in [0.3, 0.4) is 0 Å². The molecule has 0 aliphatic carbocycles. The van der Waals surface area contributed by atoms with Crippen LogP contribution in [-0.2, 0) is 14.3 Å². The molecular formula is C24H23NO3S2. The molecular weight excluding hydrogens is 414 g/mol. The SMILES string of the molecule is CCOC(=O)[C@H]1N[C@@H](c2ccccc2)[C@@H](C(=O)/C=C/c2cccs2)[C@@H]1c1cccs1. The number of thiophene rings is 2. The van der Waals surface area contributed by atoms with Crippen molar-refractivity contribution >= 4 is 40.5 Å². The van der Waals surface area contributed by atoms with Gasteiger partial charge in [-0.2, -0.15) is 0 Å². The van der Waals surface area contributed by atoms with Gasteiger partial charge in [-0.15, -0.1) is 22.7 Å². The fourth-order valence-corrected chi connectivity index (χ4v) is 5.58. The van der Waals surface area contributed by atoms with Crippen molar-refractivity contribution in [1.82, 2.24) is 5.32 Å². The maximum absolute atomic E-state index is 13.5. The maximum Gasteiger partial charge on any atom is 0.323 e. The van der Waals surface area contributed by atoms with E-state index in [1.165, 1.54) is 0 Å². The lowest BCUT2D eigenvalue weighted by atomic mass is 9.80. The number of allylic oxidation sites excluding steroid dienone is 1. The van der Waals surface area contributed by atoms with Crippen molar-refractivity contribution < 1.29 is 14.3 Å². The number of hydrogen-bond donors (Lipinski definition) is 1. The van der Waals surface area contributed by atoms with Gasteiger partial charge >= 0.3 is 5.97 Å². The Morgan fingerprint density at radius 2 is 1.80 bits per heavy atom. The molecule has 0 unspecified atom stereocenters. The largest absolute Gasteiger partial charge is 0.465 e. The highest BCUT2D eigenvalue weighted by atomic mass is 32.1. The Hall–Kier alpha value is -2.54. The summed E-state index contributed by atoms with van der Waals surface area (Å²) in [5, 5.41) is 7.40. The number of ether oxygens (including phenoxy) is 1. The average molecular weight is 438 g/mol. The summed E-state index contributed by atoms with van der Waals surface area (Å²) in [5.74, 6) is -0.990. The van der Waals surface area contributed by atoms with Gasteiger partial charge in [-0.1, -0.05) is 42.5 Å². The van der Waals surface area contributed by atoms with Crippen molar-refractivity contribution in [1.29, 1.82) is 0 Å². The Balaban J connectivity index is 1.74. The highest BCUT2D eigenvalue weighted by molar-refractivity contribution is 7.10. The van der Waals surface area contributed by atoms with Gasteiger partial charge in [0.15, 0.2) is 5.78 Å². The third-order valence-electron chi connectivity index (χ3n) is 5.32. The fourth-order valence-electron chi connectivity index (χ4n) is 4.05. The molecule has 4 rings (SSSR count). The molecule has 0 saturated carbocycles. The first kappa shape index (κ1) is 20.7. The minimum Gasteiger partial charge on any atom is -0.465 e. The van der Waals surface area contributed by atoms with Gasteiger partial charge in [0.05, 0.1) is 12.5 Å². The quantitative estimate of drug-likeness (QED) is 0.414. The molecule has 1 fully saturated rings. The fraction of sp³-hybridized carbons (Fsp3) is 0.250. The molecule has 3 heterocycles. The zero-order valence-electron chi connectivity index (χ0n) is 16.6. The summed E-state index contributed by atoms with van der Waals surface area (Å²) in [6, 6.07) is 16.9. The van der Waals surface area contributed by atoms with Crippen LogP contribution >= 0.6 is 22.7 Å². The molecule has 4 nitrogen and oxygen atoms in total. The molecule has 1 aliphatic heterocycles. The Bertz CT molecular complexity index is 997. The van der Waals surface area contributed by atoms with Crippen LogP contribution in [0, 0.1) is 5.92 Å². The van der Waals surface area contributed by atoms with E-state index in [2.05, 4.69) is 5.32 Å². The van der Waals surface area contributed by atoms with Gasteiger partial charge in [0.1, 0.15) is 6.04 Å². The lowest BCUT2D eigenvalue weighted by Gasteiger charge is -2.22. The monoisotopic (exact) mass is 437 g/mol. The van der Waals surface area contributed by atoms with Gasteiger partial charge < -0.3 is 4.74 Å². The second kappa shape index (κ2) is 9.51. The van der Waals surface area contributed by atoms with E-state index in [9.17, 15) is 9.59 Å². The summed E-state index contributed by atoms with van der Waals surface area (Å²) in [6.45, 7) is 2.11. The zero-order chi connectivity index (χ0) is 20.9. The molecule has 1 saturated heterocycles. The van der Waals surface area contributed by atoms with Crippen molar-refractivity contribution in [3.63, 3.8) is 0 Å². The molecule has 0 radical (unpaired) electrons. The van der Waals surface area contributed by atoms with Crippen LogP contribution in [-0.4, -0.2) is 24.4 Å². The van der Waals surface area contributed by atoms with E-state index in [-0.39, 0.29) is 23.7 Å². The summed E-state index contributed by atoms with van der Waals surface area (Å²) in [5.41, 5.74) is 0.994. The van der Waals surface area contributed by atoms with E-state index in [0.717, 1.165) is 15.3 Å². The molecule has 1 aromatic carbocycles. The molecule has 2 aromatic heterocycles. The maximum atomic E-state index is 13.5. The van der Waals surface area contributed by atoms with E-state index in [4.69, 9.17) is 4.74 Å². The van der Waals surface area contributed by atoms with Crippen molar-refractivity contribution in [2.24, 2.45) is 5.92 Å². The van der Waals surface area contributed by atoms with Gasteiger partial charge in [0.2, 0.25) is 0 Å². The third-order valence-corrected chi connectivity index (χ3v) is 7.13. The number of nitrogens with one attached hydrogen (secondary N) is 1. The standard InChI is InChI=1S/C24H23NO3S2/c1-2-28-24(27)23-21(19-11-7-15-30-19)20(18(26)13-12-17-10-6-14-29-17)22(25-23)16-8-4-3-5-9-16/h3-15,20-23,25H,2H2,1H3/b13-12+/t20-,21-,22-,23-/m0/s1. The molecule has 3 aromatic rings. The predicted molar refractivity (Wildman–Crippen MR) is 122 cm³/mol. The van der Waals surface area contributed by atoms with Crippen LogP contribution in [0.15, 0.2) is 71.4 Å². The summed E-state index contributed by atoms with van der Waals surface area (Å²) < 4.78 is 5.36. The second-order valence-corrected chi connectivity index (χ2v) is 9.06. The lowest BCUT2D eigenvalue weighted by Crippen LogP contribution is -2.37. The van der Waals surface area contributed by atoms with Crippen LogP contribution < -0.4 is 5.32 Å². The number of ketones is 1. The minimum absolute atomic E-state index is 0.00921. The highest BCUT2D eigenvalue weighted by Crippen LogP contribution is 2.46. The summed E-state index contributed by atoms with van der Waals surface area (Å²) in [7, 11) is 0. The number of rotatable bonds is 7. The summed E-state index contributed by atoms with van der Waals surface area (Å²) in [6.07, 6.45) is 3.51. The second-order valence-electron chi connectivity index (χ2n) is 7.10. The van der Waals surface area contributed by atoms with Crippen molar-refractivity contribution in [2.75, 3.05) is 6.61 Å². The first-order chi connectivity index (χ1) is 14.7. The van der Waals surface area contributed by atoms with Crippen molar-refractivity contribution in [3.8, 4) is 0 Å². The first-order valence-corrected chi connectivity index (χ1v) is 11.7. The number of esters is 1. The van der Waals surface area contributed by atoms with E-state index >= 15 is 0 Å². The predicted octanol–water partition coefficient (Wildman–Crippen LogP) is 5.07. The average Bonchev–Trinajstić information content (AvgIpc) is 3.53. The van der Waals surface area contributed by atoms with Crippen LogP contribution in [0.2, 0.25) is 0 Å². The van der Waals surface area contributed by atoms with Gasteiger partial charge in [-0.3, -0.25) is 14.9 Å². The van der Waals surface area contributed by atoms with Gasteiger partial charge in [-0.25, -0.2) is 0 Å². The van der Waals surface area contributed by atoms with Crippen molar-refractivity contribution in [2.45, 2.75) is 24.9 Å². The van der Waals surface area contributed by atoms with Crippen LogP contribution in [0.5, 0.6) is 0 Å².